The fraction of sp³-hybridized carbons (Fsp3) is 0.708. The van der Waals surface area contributed by atoms with Crippen LogP contribution in [0, 0.1) is 0 Å². The minimum atomic E-state index is -1.73. The number of hydrogen-bond donors (Lipinski definition) is 0. The fourth-order valence-corrected chi connectivity index (χ4v) is 5.34. The van der Waals surface area contributed by atoms with E-state index in [-0.39, 0.29) is 17.6 Å². The van der Waals surface area contributed by atoms with Crippen molar-refractivity contribution in [1.82, 2.24) is 0 Å². The van der Waals surface area contributed by atoms with Gasteiger partial charge in [-0.2, -0.15) is 0 Å². The first kappa shape index (κ1) is 23.1. The van der Waals surface area contributed by atoms with E-state index in [1.54, 1.807) is 7.11 Å². The number of nitrogens with zero attached hydrogens (tertiary/aromatic N) is 1. The number of hydrogen-bond acceptors (Lipinski definition) is 5. The highest BCUT2D eigenvalue weighted by Gasteiger charge is 2.40. The van der Waals surface area contributed by atoms with Gasteiger partial charge in [0.25, 0.3) is 0 Å². The summed E-state index contributed by atoms with van der Waals surface area (Å²) in [4.78, 5) is 13.8. The van der Waals surface area contributed by atoms with E-state index in [0.717, 1.165) is 37.2 Å². The summed E-state index contributed by atoms with van der Waals surface area (Å²) in [6, 6.07) is 4.36. The van der Waals surface area contributed by atoms with E-state index in [1.807, 2.05) is 0 Å². The molecule has 30 heavy (non-hydrogen) atoms. The summed E-state index contributed by atoms with van der Waals surface area (Å²) in [5, 5.41) is 0.244. The maximum atomic E-state index is 11.3. The molecular weight excluding hydrogens is 394 g/mol. The number of benzene rings is 1. The van der Waals surface area contributed by atoms with Crippen LogP contribution in [0.25, 0.3) is 0 Å². The summed E-state index contributed by atoms with van der Waals surface area (Å²) < 4.78 is 17.6. The van der Waals surface area contributed by atoms with Crippen molar-refractivity contribution in [2.45, 2.75) is 90.1 Å². The van der Waals surface area contributed by atoms with Gasteiger partial charge in [0.05, 0.1) is 7.11 Å². The van der Waals surface area contributed by atoms with Gasteiger partial charge in [-0.25, -0.2) is 0 Å². The van der Waals surface area contributed by atoms with Gasteiger partial charge in [0.1, 0.15) is 12.4 Å². The number of rotatable bonds is 7. The van der Waals surface area contributed by atoms with E-state index in [9.17, 15) is 4.79 Å². The van der Waals surface area contributed by atoms with Crippen molar-refractivity contribution >= 4 is 20.0 Å². The van der Waals surface area contributed by atoms with Crippen molar-refractivity contribution < 1.29 is 18.7 Å². The lowest BCUT2D eigenvalue weighted by Gasteiger charge is -2.42. The fourth-order valence-electron chi connectivity index (χ4n) is 3.92. The quantitative estimate of drug-likeness (QED) is 0.412. The van der Waals surface area contributed by atoms with E-state index in [2.05, 4.69) is 50.9 Å². The Hall–Kier alpha value is -1.53. The summed E-state index contributed by atoms with van der Waals surface area (Å²) in [7, 11) is -0.0461. The first-order valence-electron chi connectivity index (χ1n) is 11.3. The third-order valence-corrected chi connectivity index (χ3v) is 11.5. The van der Waals surface area contributed by atoms with Crippen molar-refractivity contribution in [1.29, 1.82) is 0 Å². The van der Waals surface area contributed by atoms with Gasteiger partial charge < -0.3 is 18.8 Å². The SMILES string of the molecule is COc1cc(N2CCC(O[Si](C)(C)C(C)(C)C)CC2)c(C2CC2)cc1COC(C)=O. The average molecular weight is 434 g/mol. The Morgan fingerprint density at radius 3 is 2.27 bits per heavy atom. The van der Waals surface area contributed by atoms with Crippen molar-refractivity contribution in [3.8, 4) is 5.75 Å². The molecule has 0 unspecified atom stereocenters. The van der Waals surface area contributed by atoms with Crippen molar-refractivity contribution in [3.05, 3.63) is 23.3 Å². The molecule has 0 atom stereocenters. The molecule has 2 aliphatic rings. The second-order valence-corrected chi connectivity index (χ2v) is 15.1. The molecule has 0 radical (unpaired) electrons. The zero-order chi connectivity index (χ0) is 22.1. The Morgan fingerprint density at radius 1 is 1.13 bits per heavy atom. The Balaban J connectivity index is 1.74. The Kier molecular flexibility index (Phi) is 6.87. The highest BCUT2D eigenvalue weighted by atomic mass is 28.4. The van der Waals surface area contributed by atoms with E-state index < -0.39 is 8.32 Å². The number of ether oxygens (including phenoxy) is 2. The molecular formula is C24H39NO4Si. The van der Waals surface area contributed by atoms with Crippen LogP contribution in [0.4, 0.5) is 5.69 Å². The molecule has 1 aromatic carbocycles. The van der Waals surface area contributed by atoms with Crippen molar-refractivity contribution in [2.75, 3.05) is 25.1 Å². The molecule has 1 aromatic rings. The average Bonchev–Trinajstić information content (AvgIpc) is 3.50. The second-order valence-electron chi connectivity index (χ2n) is 10.3. The van der Waals surface area contributed by atoms with Crippen LogP contribution in [-0.2, 0) is 20.6 Å². The van der Waals surface area contributed by atoms with Gasteiger partial charge in [0.2, 0.25) is 0 Å². The molecule has 0 spiro atoms. The predicted molar refractivity (Wildman–Crippen MR) is 124 cm³/mol. The second kappa shape index (κ2) is 8.91. The van der Waals surface area contributed by atoms with Crippen LogP contribution in [0.15, 0.2) is 12.1 Å². The molecule has 0 amide bonds. The van der Waals surface area contributed by atoms with Crippen LogP contribution in [0.5, 0.6) is 5.75 Å². The molecule has 2 fully saturated rings. The lowest BCUT2D eigenvalue weighted by Crippen LogP contribution is -2.47. The Bertz CT molecular complexity index is 759. The molecule has 168 valence electrons. The van der Waals surface area contributed by atoms with E-state index in [1.165, 1.54) is 31.0 Å². The highest BCUT2D eigenvalue weighted by molar-refractivity contribution is 6.74. The predicted octanol–water partition coefficient (Wildman–Crippen LogP) is 5.63. The van der Waals surface area contributed by atoms with E-state index in [0.29, 0.717) is 12.0 Å². The first-order chi connectivity index (χ1) is 14.0. The maximum absolute atomic E-state index is 11.3. The van der Waals surface area contributed by atoms with Crippen LogP contribution in [-0.4, -0.2) is 40.6 Å². The van der Waals surface area contributed by atoms with Crippen LogP contribution >= 0.6 is 0 Å². The molecule has 0 aromatic heterocycles. The lowest BCUT2D eigenvalue weighted by molar-refractivity contribution is -0.142. The number of anilines is 1. The van der Waals surface area contributed by atoms with Crippen molar-refractivity contribution in [3.63, 3.8) is 0 Å². The molecule has 3 rings (SSSR count). The number of esters is 1. The number of methoxy groups -OCH3 is 1. The molecule has 0 bridgehead atoms. The number of carbonyl (C=O) groups is 1. The normalized spacial score (nSPS) is 18.4. The van der Waals surface area contributed by atoms with Gasteiger partial charge in [0, 0.05) is 43.4 Å². The Labute approximate surface area is 183 Å². The highest BCUT2D eigenvalue weighted by Crippen LogP contribution is 2.47. The summed E-state index contributed by atoms with van der Waals surface area (Å²) in [5.74, 6) is 1.15. The summed E-state index contributed by atoms with van der Waals surface area (Å²) in [6.45, 7) is 15.3. The maximum Gasteiger partial charge on any atom is 0.302 e. The van der Waals surface area contributed by atoms with E-state index >= 15 is 0 Å². The largest absolute Gasteiger partial charge is 0.496 e. The smallest absolute Gasteiger partial charge is 0.302 e. The number of piperidine rings is 1. The minimum absolute atomic E-state index is 0.244. The summed E-state index contributed by atoms with van der Waals surface area (Å²) in [6.07, 6.45) is 4.95. The zero-order valence-electron chi connectivity index (χ0n) is 19.8. The van der Waals surface area contributed by atoms with Gasteiger partial charge in [0.15, 0.2) is 8.32 Å². The van der Waals surface area contributed by atoms with Crippen LogP contribution < -0.4 is 9.64 Å². The standard InChI is InChI=1S/C24H39NO4Si/c1-17(26)28-16-19-14-21(18-8-9-18)22(15-23(19)27-5)25-12-10-20(11-13-25)29-30(6,7)24(2,3)4/h14-15,18,20H,8-13,16H2,1-7H3. The van der Waals surface area contributed by atoms with Crippen LogP contribution in [0.1, 0.15) is 70.4 Å². The molecule has 6 heteroatoms. The number of carbonyl (C=O) groups excluding carboxylic acids is 1. The Morgan fingerprint density at radius 2 is 1.77 bits per heavy atom. The lowest BCUT2D eigenvalue weighted by atomic mass is 10.00. The third kappa shape index (κ3) is 5.38. The summed E-state index contributed by atoms with van der Waals surface area (Å²) in [5.41, 5.74) is 3.61. The van der Waals surface area contributed by atoms with Gasteiger partial charge in [-0.1, -0.05) is 20.8 Å². The van der Waals surface area contributed by atoms with Gasteiger partial charge >= 0.3 is 5.97 Å². The molecule has 5 nitrogen and oxygen atoms in total. The van der Waals surface area contributed by atoms with Gasteiger partial charge in [-0.05, 0) is 61.4 Å². The topological polar surface area (TPSA) is 48.0 Å². The van der Waals surface area contributed by atoms with Crippen LogP contribution in [0.2, 0.25) is 18.1 Å². The third-order valence-electron chi connectivity index (χ3n) is 6.93. The molecule has 1 aliphatic heterocycles. The first-order valence-corrected chi connectivity index (χ1v) is 14.2. The van der Waals surface area contributed by atoms with Crippen LogP contribution in [0.3, 0.4) is 0 Å². The molecule has 1 saturated carbocycles. The molecule has 1 aliphatic carbocycles. The molecule has 1 heterocycles. The van der Waals surface area contributed by atoms with Crippen molar-refractivity contribution in [2.24, 2.45) is 0 Å². The van der Waals surface area contributed by atoms with Gasteiger partial charge in [-0.15, -0.1) is 0 Å². The zero-order valence-corrected chi connectivity index (χ0v) is 20.8. The monoisotopic (exact) mass is 433 g/mol. The van der Waals surface area contributed by atoms with Gasteiger partial charge in [-0.3, -0.25) is 4.79 Å². The summed E-state index contributed by atoms with van der Waals surface area (Å²) >= 11 is 0. The molecule has 1 saturated heterocycles. The van der Waals surface area contributed by atoms with E-state index in [4.69, 9.17) is 13.9 Å². The molecule has 0 N–H and O–H groups in total. The minimum Gasteiger partial charge on any atom is -0.496 e.